The van der Waals surface area contributed by atoms with E-state index in [1.807, 2.05) is 0 Å². The first-order valence-corrected chi connectivity index (χ1v) is 5.45. The topological polar surface area (TPSA) is 21.3 Å². The number of rotatable bonds is 5. The summed E-state index contributed by atoms with van der Waals surface area (Å²) in [5.74, 6) is -0.566. The number of halogens is 4. The molecule has 18 heavy (non-hydrogen) atoms. The molecule has 0 aliphatic heterocycles. The van der Waals surface area contributed by atoms with Crippen molar-refractivity contribution in [3.8, 4) is 0 Å². The van der Waals surface area contributed by atoms with Crippen LogP contribution in [0.15, 0.2) is 18.2 Å². The Hall–Kier alpha value is -1.14. The zero-order valence-electron chi connectivity index (χ0n) is 10.1. The lowest BCUT2D eigenvalue weighted by atomic mass is 10.1. The SMILES string of the molecule is CNCc1ccc(F)c(COC(C)C(F)(F)F)c1. The molecule has 0 saturated heterocycles. The average molecular weight is 265 g/mol. The molecule has 1 aromatic carbocycles. The molecule has 0 amide bonds. The number of hydrogen-bond acceptors (Lipinski definition) is 2. The first-order chi connectivity index (χ1) is 8.34. The third kappa shape index (κ3) is 4.27. The first-order valence-electron chi connectivity index (χ1n) is 5.45. The van der Waals surface area contributed by atoms with Gasteiger partial charge in [-0.3, -0.25) is 0 Å². The minimum absolute atomic E-state index is 0.124. The molecule has 0 aliphatic rings. The Morgan fingerprint density at radius 2 is 2.00 bits per heavy atom. The molecule has 0 heterocycles. The summed E-state index contributed by atoms with van der Waals surface area (Å²) in [5, 5.41) is 2.88. The van der Waals surface area contributed by atoms with Gasteiger partial charge in [-0.1, -0.05) is 6.07 Å². The van der Waals surface area contributed by atoms with Crippen LogP contribution >= 0.6 is 0 Å². The molecule has 0 aromatic heterocycles. The molecule has 0 bridgehead atoms. The minimum Gasteiger partial charge on any atom is -0.364 e. The van der Waals surface area contributed by atoms with E-state index in [2.05, 4.69) is 10.1 Å². The molecule has 6 heteroatoms. The summed E-state index contributed by atoms with van der Waals surface area (Å²) in [5.41, 5.74) is 0.913. The number of hydrogen-bond donors (Lipinski definition) is 1. The maximum absolute atomic E-state index is 13.4. The van der Waals surface area contributed by atoms with E-state index in [4.69, 9.17) is 0 Å². The molecular formula is C12H15F4NO. The van der Waals surface area contributed by atoms with Crippen molar-refractivity contribution in [1.29, 1.82) is 0 Å². The van der Waals surface area contributed by atoms with Gasteiger partial charge in [0.05, 0.1) is 6.61 Å². The van der Waals surface area contributed by atoms with Crippen molar-refractivity contribution in [2.75, 3.05) is 7.05 Å². The van der Waals surface area contributed by atoms with Crippen LogP contribution in [-0.2, 0) is 17.9 Å². The molecule has 0 saturated carbocycles. The molecule has 0 fully saturated rings. The van der Waals surface area contributed by atoms with Gasteiger partial charge in [0.15, 0.2) is 6.10 Å². The fraction of sp³-hybridized carbons (Fsp3) is 0.500. The third-order valence-electron chi connectivity index (χ3n) is 2.44. The molecule has 1 atom stereocenters. The lowest BCUT2D eigenvalue weighted by Crippen LogP contribution is -2.28. The van der Waals surface area contributed by atoms with Crippen molar-refractivity contribution in [1.82, 2.24) is 5.32 Å². The summed E-state index contributed by atoms with van der Waals surface area (Å²) in [6, 6.07) is 4.29. The molecule has 1 aromatic rings. The average Bonchev–Trinajstić information content (AvgIpc) is 2.28. The van der Waals surface area contributed by atoms with Crippen LogP contribution in [0.3, 0.4) is 0 Å². The van der Waals surface area contributed by atoms with Gasteiger partial charge in [0.2, 0.25) is 0 Å². The highest BCUT2D eigenvalue weighted by Crippen LogP contribution is 2.23. The van der Waals surface area contributed by atoms with Gasteiger partial charge in [0, 0.05) is 12.1 Å². The summed E-state index contributed by atoms with van der Waals surface area (Å²) in [6.45, 7) is 1.02. The van der Waals surface area contributed by atoms with Crippen molar-refractivity contribution in [2.24, 2.45) is 0 Å². The molecule has 102 valence electrons. The Bertz CT molecular complexity index is 392. The van der Waals surface area contributed by atoms with Crippen LogP contribution in [0.5, 0.6) is 0 Å². The number of ether oxygens (including phenoxy) is 1. The highest BCUT2D eigenvalue weighted by atomic mass is 19.4. The van der Waals surface area contributed by atoms with Crippen molar-refractivity contribution in [3.63, 3.8) is 0 Å². The number of nitrogens with one attached hydrogen (secondary N) is 1. The quantitative estimate of drug-likeness (QED) is 0.826. The van der Waals surface area contributed by atoms with Gasteiger partial charge in [0.1, 0.15) is 5.82 Å². The second-order valence-corrected chi connectivity index (χ2v) is 3.95. The number of alkyl halides is 3. The van der Waals surface area contributed by atoms with Gasteiger partial charge in [-0.05, 0) is 31.7 Å². The van der Waals surface area contributed by atoms with Crippen LogP contribution in [0.25, 0.3) is 0 Å². The van der Waals surface area contributed by atoms with Gasteiger partial charge in [-0.2, -0.15) is 13.2 Å². The summed E-state index contributed by atoms with van der Waals surface area (Å²) in [6.07, 6.45) is -6.34. The zero-order valence-corrected chi connectivity index (χ0v) is 10.1. The maximum Gasteiger partial charge on any atom is 0.414 e. The Morgan fingerprint density at radius 1 is 1.33 bits per heavy atom. The Balaban J connectivity index is 2.69. The van der Waals surface area contributed by atoms with Crippen molar-refractivity contribution < 1.29 is 22.3 Å². The van der Waals surface area contributed by atoms with Crippen LogP contribution < -0.4 is 5.32 Å². The van der Waals surface area contributed by atoms with Gasteiger partial charge in [-0.25, -0.2) is 4.39 Å². The second kappa shape index (κ2) is 6.15. The van der Waals surface area contributed by atoms with Gasteiger partial charge in [-0.15, -0.1) is 0 Å². The predicted octanol–water partition coefficient (Wildman–Crippen LogP) is 3.01. The molecular weight excluding hydrogens is 250 g/mol. The third-order valence-corrected chi connectivity index (χ3v) is 2.44. The lowest BCUT2D eigenvalue weighted by Gasteiger charge is -2.16. The minimum atomic E-state index is -4.43. The Morgan fingerprint density at radius 3 is 2.56 bits per heavy atom. The van der Waals surface area contributed by atoms with Crippen LogP contribution in [0.1, 0.15) is 18.1 Å². The van der Waals surface area contributed by atoms with Crippen molar-refractivity contribution in [3.05, 3.63) is 35.1 Å². The standard InChI is InChI=1S/C12H15F4NO/c1-8(12(14,15)16)18-7-10-5-9(6-17-2)3-4-11(10)13/h3-5,8,17H,6-7H2,1-2H3. The van der Waals surface area contributed by atoms with E-state index < -0.39 is 24.7 Å². The van der Waals surface area contributed by atoms with Crippen LogP contribution in [0.2, 0.25) is 0 Å². The van der Waals surface area contributed by atoms with E-state index in [0.29, 0.717) is 6.54 Å². The first kappa shape index (κ1) is 14.9. The summed E-state index contributed by atoms with van der Waals surface area (Å²) < 4.78 is 54.7. The van der Waals surface area contributed by atoms with Crippen LogP contribution in [-0.4, -0.2) is 19.3 Å². The van der Waals surface area contributed by atoms with E-state index in [-0.39, 0.29) is 5.56 Å². The molecule has 2 nitrogen and oxygen atoms in total. The van der Waals surface area contributed by atoms with E-state index in [9.17, 15) is 17.6 Å². The molecule has 0 spiro atoms. The molecule has 1 N–H and O–H groups in total. The predicted molar refractivity (Wildman–Crippen MR) is 59.5 cm³/mol. The van der Waals surface area contributed by atoms with E-state index >= 15 is 0 Å². The van der Waals surface area contributed by atoms with Crippen molar-refractivity contribution >= 4 is 0 Å². The molecule has 1 unspecified atom stereocenters. The highest BCUT2D eigenvalue weighted by molar-refractivity contribution is 5.24. The molecule has 0 radical (unpaired) electrons. The van der Waals surface area contributed by atoms with Gasteiger partial charge < -0.3 is 10.1 Å². The van der Waals surface area contributed by atoms with Gasteiger partial charge in [0.25, 0.3) is 0 Å². The molecule has 0 aliphatic carbocycles. The number of benzene rings is 1. The smallest absolute Gasteiger partial charge is 0.364 e. The normalized spacial score (nSPS) is 13.7. The van der Waals surface area contributed by atoms with Crippen LogP contribution in [0.4, 0.5) is 17.6 Å². The maximum atomic E-state index is 13.4. The summed E-state index contributed by atoms with van der Waals surface area (Å²) >= 11 is 0. The Labute approximate surface area is 103 Å². The second-order valence-electron chi connectivity index (χ2n) is 3.95. The Kier molecular flexibility index (Phi) is 5.10. The van der Waals surface area contributed by atoms with E-state index in [1.54, 1.807) is 13.1 Å². The molecule has 1 rings (SSSR count). The lowest BCUT2D eigenvalue weighted by molar-refractivity contribution is -0.217. The largest absolute Gasteiger partial charge is 0.414 e. The van der Waals surface area contributed by atoms with Gasteiger partial charge >= 0.3 is 6.18 Å². The summed E-state index contributed by atoms with van der Waals surface area (Å²) in [7, 11) is 1.73. The fourth-order valence-corrected chi connectivity index (χ4v) is 1.36. The zero-order chi connectivity index (χ0) is 13.8. The fourth-order valence-electron chi connectivity index (χ4n) is 1.36. The van der Waals surface area contributed by atoms with Crippen LogP contribution in [0, 0.1) is 5.82 Å². The highest BCUT2D eigenvalue weighted by Gasteiger charge is 2.36. The van der Waals surface area contributed by atoms with Crippen molar-refractivity contribution in [2.45, 2.75) is 32.4 Å². The monoisotopic (exact) mass is 265 g/mol. The van der Waals surface area contributed by atoms with E-state index in [1.165, 1.54) is 12.1 Å². The van der Waals surface area contributed by atoms with E-state index in [0.717, 1.165) is 12.5 Å². The summed E-state index contributed by atoms with van der Waals surface area (Å²) in [4.78, 5) is 0.